The summed E-state index contributed by atoms with van der Waals surface area (Å²) >= 11 is 0. The lowest BCUT2D eigenvalue weighted by Crippen LogP contribution is -2.66. The first-order chi connectivity index (χ1) is 40.9. The molecule has 0 radical (unpaired) electrons. The first-order valence-electron chi connectivity index (χ1n) is 30.8. The maximum Gasteiger partial charge on any atom is 0.407 e. The molecule has 5 aliphatic heterocycles. The number of esters is 2. The number of fused-ring (bicyclic) bond motifs is 4. The Labute approximate surface area is 508 Å². The highest BCUT2D eigenvalue weighted by molar-refractivity contribution is 6.26. The van der Waals surface area contributed by atoms with Gasteiger partial charge in [0, 0.05) is 61.8 Å². The normalized spacial score (nSPS) is 48.0. The van der Waals surface area contributed by atoms with Crippen LogP contribution in [0.15, 0.2) is 70.6 Å². The highest BCUT2D eigenvalue weighted by Crippen LogP contribution is 2.61. The minimum atomic E-state index is -2.08. The van der Waals surface area contributed by atoms with Gasteiger partial charge in [-0.2, -0.15) is 0 Å². The lowest BCUT2D eigenvalue weighted by molar-refractivity contribution is -0.335. The molecule has 1 spiro atoms. The van der Waals surface area contributed by atoms with E-state index in [4.69, 9.17) is 57.8 Å². The third-order valence-corrected chi connectivity index (χ3v) is 19.9. The zero-order chi connectivity index (χ0) is 63.5. The number of allylic oxidation sites excluding steroid dienone is 5. The number of Topliss-reactive ketones (excluding diaryl/α,β-unsaturated/α-hetero) is 1. The molecule has 6 fully saturated rings. The zero-order valence-electron chi connectivity index (χ0n) is 52.2. The van der Waals surface area contributed by atoms with Crippen LogP contribution in [-0.2, 0) is 71.3 Å². The summed E-state index contributed by atoms with van der Waals surface area (Å²) in [7, 11) is 1.26. The summed E-state index contributed by atoms with van der Waals surface area (Å²) in [4.78, 5) is 67.9. The van der Waals surface area contributed by atoms with Gasteiger partial charge in [0.15, 0.2) is 42.6 Å². The van der Waals surface area contributed by atoms with Crippen LogP contribution in [0.5, 0.6) is 0 Å². The molecular weight excluding hydrogens is 1130 g/mol. The molecule has 27 atom stereocenters. The minimum absolute atomic E-state index is 0.00980. The Bertz CT molecular complexity index is 2770. The molecule has 0 aromatic carbocycles. The van der Waals surface area contributed by atoms with Crippen molar-refractivity contribution in [3.8, 4) is 0 Å². The first kappa shape index (κ1) is 66.7. The lowest BCUT2D eigenvalue weighted by Gasteiger charge is -2.56. The van der Waals surface area contributed by atoms with Gasteiger partial charge in [0.2, 0.25) is 5.78 Å². The van der Waals surface area contributed by atoms with E-state index in [1.165, 1.54) is 39.2 Å². The number of aliphatic hydroxyl groups excluding tert-OH is 5. The van der Waals surface area contributed by atoms with E-state index in [9.17, 15) is 44.7 Å². The molecule has 9 aliphatic rings. The summed E-state index contributed by atoms with van der Waals surface area (Å²) < 4.78 is 68.8. The SMILES string of the molecule is COC(=O)N[C@H]1[C@@H](C)O[C@@H](O[C@H]2C/C=C(/C)[C@@H]3C=C[C@@H]4[C@@H](O[C@H]5C[C@@H](O[C@H]6C[C@@H](O)[C@@H](O[C@@H]7C[C@@H](O)[C@@H](O)[C@H](C)O7)[C@H](C)O6)[C@@H](OC(C)=O)[C@H](C)O5)[C@@H](C)C[C@H](C)[C@H]4[C@]3(C)/C(O)=C3/C(=O)O[C@]4(CC(/C=C/C(C)=O)=C[C@H](O)[C@H]4/C=C\2C)C3=O)C[C@]1(C)N. The third kappa shape index (κ3) is 13.4. The van der Waals surface area contributed by atoms with Gasteiger partial charge in [-0.25, -0.2) is 9.59 Å². The minimum Gasteiger partial charge on any atom is -0.511 e. The maximum absolute atomic E-state index is 15.7. The Kier molecular flexibility index (Phi) is 20.1. The van der Waals surface area contributed by atoms with Gasteiger partial charge in [0.25, 0.3) is 0 Å². The number of methoxy groups -OCH3 is 1. The van der Waals surface area contributed by atoms with E-state index >= 15 is 4.79 Å². The van der Waals surface area contributed by atoms with Gasteiger partial charge in [-0.05, 0) is 103 Å². The van der Waals surface area contributed by atoms with Crippen molar-refractivity contribution in [3.63, 3.8) is 0 Å². The van der Waals surface area contributed by atoms with Gasteiger partial charge in [0.05, 0.1) is 74.0 Å². The van der Waals surface area contributed by atoms with Crippen LogP contribution in [0.2, 0.25) is 0 Å². The molecule has 87 heavy (non-hydrogen) atoms. The number of aliphatic hydroxyl groups is 5. The molecule has 1 saturated carbocycles. The van der Waals surface area contributed by atoms with Crippen LogP contribution in [0.3, 0.4) is 0 Å². The van der Waals surface area contributed by atoms with Crippen molar-refractivity contribution in [2.45, 2.75) is 250 Å². The monoisotopic (exact) mass is 1220 g/mol. The molecule has 23 heteroatoms. The van der Waals surface area contributed by atoms with Gasteiger partial charge in [-0.3, -0.25) is 14.4 Å². The second-order valence-corrected chi connectivity index (χ2v) is 26.6. The quantitative estimate of drug-likeness (QED) is 0.0442. The van der Waals surface area contributed by atoms with Crippen molar-refractivity contribution in [3.05, 3.63) is 70.6 Å². The fraction of sp³-hybridized carbons (Fsp3) is 0.734. The molecule has 484 valence electrons. The molecule has 8 N–H and O–H groups in total. The molecule has 23 nitrogen and oxygen atoms in total. The van der Waals surface area contributed by atoms with E-state index in [1.807, 2.05) is 26.0 Å². The Balaban J connectivity index is 1.04. The molecule has 1 amide bonds. The molecule has 5 saturated heterocycles. The predicted octanol–water partition coefficient (Wildman–Crippen LogP) is 5.05. The Hall–Kier alpha value is -4.73. The van der Waals surface area contributed by atoms with E-state index < -0.39 is 186 Å². The van der Waals surface area contributed by atoms with E-state index in [2.05, 4.69) is 25.2 Å². The van der Waals surface area contributed by atoms with E-state index in [-0.39, 0.29) is 56.1 Å². The van der Waals surface area contributed by atoms with Gasteiger partial charge in [-0.1, -0.05) is 62.8 Å². The molecule has 9 rings (SSSR count). The Morgan fingerprint density at radius 2 is 1.38 bits per heavy atom. The predicted molar refractivity (Wildman–Crippen MR) is 309 cm³/mol. The van der Waals surface area contributed by atoms with Crippen molar-refractivity contribution in [1.82, 2.24) is 5.32 Å². The summed E-state index contributed by atoms with van der Waals surface area (Å²) in [6.45, 7) is 21.1. The smallest absolute Gasteiger partial charge is 0.407 e. The highest BCUT2D eigenvalue weighted by atomic mass is 16.7. The van der Waals surface area contributed by atoms with E-state index in [0.717, 1.165) is 5.57 Å². The summed E-state index contributed by atoms with van der Waals surface area (Å²) in [5.74, 6) is -6.30. The molecule has 2 bridgehead atoms. The summed E-state index contributed by atoms with van der Waals surface area (Å²) in [5.41, 5.74) is 3.57. The van der Waals surface area contributed by atoms with Crippen LogP contribution in [-0.4, -0.2) is 184 Å². The number of rotatable bonds is 12. The Morgan fingerprint density at radius 3 is 2.02 bits per heavy atom. The van der Waals surface area contributed by atoms with Gasteiger partial charge < -0.3 is 88.7 Å². The van der Waals surface area contributed by atoms with Crippen molar-refractivity contribution >= 4 is 29.6 Å². The number of nitrogens with one attached hydrogen (secondary N) is 1. The van der Waals surface area contributed by atoms with Crippen LogP contribution < -0.4 is 11.1 Å². The molecule has 4 aliphatic carbocycles. The maximum atomic E-state index is 15.7. The second-order valence-electron chi connectivity index (χ2n) is 26.6. The first-order valence-corrected chi connectivity index (χ1v) is 30.8. The number of ether oxygens (including phenoxy) is 11. The van der Waals surface area contributed by atoms with Crippen LogP contribution >= 0.6 is 0 Å². The summed E-state index contributed by atoms with van der Waals surface area (Å²) in [5, 5.41) is 60.4. The van der Waals surface area contributed by atoms with Gasteiger partial charge in [-0.15, -0.1) is 0 Å². The lowest BCUT2D eigenvalue weighted by atomic mass is 9.49. The van der Waals surface area contributed by atoms with Crippen molar-refractivity contribution in [1.29, 1.82) is 0 Å². The number of ketones is 2. The van der Waals surface area contributed by atoms with E-state index in [0.29, 0.717) is 17.6 Å². The fourth-order valence-corrected chi connectivity index (χ4v) is 15.7. The number of carbonyl (C=O) groups is 5. The number of nitrogens with two attached hydrogens (primary N) is 1. The number of carbonyl (C=O) groups excluding carboxylic acids is 5. The summed E-state index contributed by atoms with van der Waals surface area (Å²) in [6, 6.07) is -0.643. The van der Waals surface area contributed by atoms with Crippen molar-refractivity contribution in [2.24, 2.45) is 46.7 Å². The Morgan fingerprint density at radius 1 is 0.747 bits per heavy atom. The average molecular weight is 1230 g/mol. The standard InChI is InChI=1S/C64H92N2O21/c1-28-14-19-45(83-50-27-62(11,65)57(36(9)81-50)66-61(76)77-13)29(2)21-41-42(69)22-38(16-15-32(5)67)26-64(41)59(74)51(60(75)87-64)58(73)63(12)40(28)18-17-39-52(63)30(3)20-31(4)54(39)85-49-25-46(56(35(8)80-49)82-37(10)68)84-47-24-44(71)55(34(7)79-47)86-48-23-43(70)53(72)33(6)78-48/h14-18,21-22,30-31,33-36,39-50,52-57,69-73H,19-20,23-27,65H2,1-13H3,(H,66,76)/b16-15+,28-14-,29-21-,58-51-/t30-,31-,33-,34-,35-,36+,39-,40-,41+,42-,43+,44+,45-,46+,47-,48+,49-,50-,52+,53-,54-,55-,56-,57-,62-,63+,64-/m0/s1. The fourth-order valence-electron chi connectivity index (χ4n) is 15.7. The molecular formula is C64H92N2O21. The number of amides is 1. The van der Waals surface area contributed by atoms with Crippen LogP contribution in [0.4, 0.5) is 4.79 Å². The van der Waals surface area contributed by atoms with E-state index in [1.54, 1.807) is 47.6 Å². The largest absolute Gasteiger partial charge is 0.511 e. The molecule has 0 unspecified atom stereocenters. The number of hydrogen-bond acceptors (Lipinski definition) is 22. The van der Waals surface area contributed by atoms with Crippen LogP contribution in [0, 0.1) is 40.9 Å². The van der Waals surface area contributed by atoms with Crippen molar-refractivity contribution < 1.29 is 102 Å². The summed E-state index contributed by atoms with van der Waals surface area (Å²) in [6.07, 6.45) is -3.16. The average Bonchev–Trinajstić information content (AvgIpc) is 1.74. The second kappa shape index (κ2) is 26.2. The van der Waals surface area contributed by atoms with Gasteiger partial charge >= 0.3 is 18.0 Å². The number of alkyl carbamates (subject to hydrolysis) is 1. The highest BCUT2D eigenvalue weighted by Gasteiger charge is 2.65. The third-order valence-electron chi connectivity index (χ3n) is 19.9. The van der Waals surface area contributed by atoms with Crippen LogP contribution in [0.25, 0.3) is 0 Å². The molecule has 5 heterocycles. The van der Waals surface area contributed by atoms with Crippen molar-refractivity contribution in [2.75, 3.05) is 7.11 Å². The van der Waals surface area contributed by atoms with Crippen LogP contribution in [0.1, 0.15) is 128 Å². The zero-order valence-corrected chi connectivity index (χ0v) is 52.2. The number of hydrogen-bond donors (Lipinski definition) is 7. The topological polar surface area (TPSA) is 326 Å². The molecule has 0 aromatic rings. The van der Waals surface area contributed by atoms with Gasteiger partial charge in [0.1, 0.15) is 29.6 Å². The molecule has 0 aromatic heterocycles.